The van der Waals surface area contributed by atoms with E-state index in [4.69, 9.17) is 13.9 Å². The molecule has 3 rings (SSSR count). The Balaban J connectivity index is 0.00000320. The minimum Gasteiger partial charge on any atom is -0.459 e. The van der Waals surface area contributed by atoms with Gasteiger partial charge in [-0.1, -0.05) is 0 Å². The molecule has 1 aromatic heterocycles. The fourth-order valence-electron chi connectivity index (χ4n) is 2.56. The van der Waals surface area contributed by atoms with Gasteiger partial charge in [0.1, 0.15) is 5.75 Å². The Hall–Kier alpha value is -2.77. The summed E-state index contributed by atoms with van der Waals surface area (Å²) in [5.41, 5.74) is 0.448. The zero-order valence-electron chi connectivity index (χ0n) is 15.9. The van der Waals surface area contributed by atoms with Crippen LogP contribution in [0.15, 0.2) is 39.9 Å². The van der Waals surface area contributed by atoms with E-state index in [2.05, 4.69) is 25.7 Å². The number of ether oxygens (including phenoxy) is 3. The highest BCUT2D eigenvalue weighted by Gasteiger charge is 2.20. The molecule has 0 atom stereocenters. The largest absolute Gasteiger partial charge is 0.459 e. The lowest BCUT2D eigenvalue weighted by Gasteiger charge is -2.15. The molecule has 2 heterocycles. The fraction of sp³-hybridized carbons (Fsp3) is 0.333. The van der Waals surface area contributed by atoms with Gasteiger partial charge >= 0.3 is 6.61 Å². The minimum atomic E-state index is -2.97. The molecule has 1 aliphatic heterocycles. The first-order valence-electron chi connectivity index (χ1n) is 8.70. The number of fused-ring (bicyclic) bond motifs is 1. The number of furan rings is 1. The average Bonchev–Trinajstić information content (AvgIpc) is 3.38. The summed E-state index contributed by atoms with van der Waals surface area (Å²) in [7, 11) is 1.56. The van der Waals surface area contributed by atoms with Gasteiger partial charge in [-0.2, -0.15) is 8.78 Å². The second kappa shape index (κ2) is 11.4. The van der Waals surface area contributed by atoms with Gasteiger partial charge in [0.05, 0.1) is 6.26 Å². The zero-order valence-corrected chi connectivity index (χ0v) is 18.3. The Morgan fingerprint density at radius 3 is 2.60 bits per heavy atom. The van der Waals surface area contributed by atoms with E-state index in [0.717, 1.165) is 0 Å². The number of carbonyl (C=O) groups is 1. The van der Waals surface area contributed by atoms with Crippen molar-refractivity contribution in [1.29, 1.82) is 0 Å². The third kappa shape index (κ3) is 6.37. The number of amides is 1. The molecule has 0 fully saturated rings. The number of rotatable bonds is 8. The van der Waals surface area contributed by atoms with Crippen LogP contribution in [0, 0.1) is 0 Å². The Morgan fingerprint density at radius 1 is 1.20 bits per heavy atom. The molecule has 30 heavy (non-hydrogen) atoms. The minimum absolute atomic E-state index is 0. The monoisotopic (exact) mass is 538 g/mol. The summed E-state index contributed by atoms with van der Waals surface area (Å²) in [5.74, 6) is 1.10. The maximum Gasteiger partial charge on any atom is 0.387 e. The van der Waals surface area contributed by atoms with Crippen molar-refractivity contribution in [3.05, 3.63) is 41.9 Å². The van der Waals surface area contributed by atoms with Crippen LogP contribution in [-0.4, -0.2) is 45.4 Å². The van der Waals surface area contributed by atoms with E-state index in [0.29, 0.717) is 36.1 Å². The SMILES string of the molecule is CN=C(NCCNC(=O)c1ccco1)NCc1cc2c(cc1OC(F)F)OCO2.I. The number of aliphatic imine (C=N–C) groups is 1. The predicted molar refractivity (Wildman–Crippen MR) is 114 cm³/mol. The number of nitrogens with one attached hydrogen (secondary N) is 3. The van der Waals surface area contributed by atoms with Crippen molar-refractivity contribution >= 4 is 35.8 Å². The van der Waals surface area contributed by atoms with Gasteiger partial charge in [0.25, 0.3) is 5.91 Å². The maximum absolute atomic E-state index is 12.7. The first-order valence-corrected chi connectivity index (χ1v) is 8.70. The van der Waals surface area contributed by atoms with Crippen LogP contribution in [0.25, 0.3) is 0 Å². The first-order chi connectivity index (χ1) is 14.1. The number of hydrogen-bond donors (Lipinski definition) is 3. The van der Waals surface area contributed by atoms with Gasteiger partial charge in [-0.05, 0) is 18.2 Å². The summed E-state index contributed by atoms with van der Waals surface area (Å²) in [4.78, 5) is 15.8. The lowest BCUT2D eigenvalue weighted by atomic mass is 10.1. The normalized spacial score (nSPS) is 12.3. The predicted octanol–water partition coefficient (Wildman–Crippen LogP) is 2.32. The number of carbonyl (C=O) groups excluding carboxylic acids is 1. The molecule has 0 spiro atoms. The van der Waals surface area contributed by atoms with E-state index in [9.17, 15) is 13.6 Å². The Kier molecular flexibility index (Phi) is 8.95. The quantitative estimate of drug-likeness (QED) is 0.205. The molecule has 1 aliphatic rings. The molecule has 1 amide bonds. The number of benzene rings is 1. The second-order valence-corrected chi connectivity index (χ2v) is 5.78. The molecule has 1 aromatic carbocycles. The van der Waals surface area contributed by atoms with Crippen molar-refractivity contribution in [1.82, 2.24) is 16.0 Å². The lowest BCUT2D eigenvalue weighted by molar-refractivity contribution is -0.0505. The van der Waals surface area contributed by atoms with Crippen LogP contribution in [0.2, 0.25) is 0 Å². The molecule has 0 unspecified atom stereocenters. The van der Waals surface area contributed by atoms with Crippen molar-refractivity contribution < 1.29 is 32.2 Å². The molecule has 2 aromatic rings. The van der Waals surface area contributed by atoms with Crippen molar-refractivity contribution in [2.45, 2.75) is 13.2 Å². The molecule has 0 radical (unpaired) electrons. The molecule has 0 bridgehead atoms. The van der Waals surface area contributed by atoms with Crippen LogP contribution in [0.5, 0.6) is 17.2 Å². The van der Waals surface area contributed by atoms with Gasteiger partial charge in [-0.3, -0.25) is 9.79 Å². The third-order valence-corrected chi connectivity index (χ3v) is 3.89. The highest BCUT2D eigenvalue weighted by atomic mass is 127. The van der Waals surface area contributed by atoms with E-state index in [1.807, 2.05) is 0 Å². The maximum atomic E-state index is 12.7. The highest BCUT2D eigenvalue weighted by molar-refractivity contribution is 14.0. The molecule has 9 nitrogen and oxygen atoms in total. The summed E-state index contributed by atoms with van der Waals surface area (Å²) in [6.45, 7) is -2.09. The summed E-state index contributed by atoms with van der Waals surface area (Å²) in [5, 5.41) is 8.68. The third-order valence-electron chi connectivity index (χ3n) is 3.89. The van der Waals surface area contributed by atoms with Gasteiger partial charge < -0.3 is 34.6 Å². The van der Waals surface area contributed by atoms with Crippen molar-refractivity contribution in [3.8, 4) is 17.2 Å². The molecule has 0 saturated carbocycles. The fourth-order valence-corrected chi connectivity index (χ4v) is 2.56. The van der Waals surface area contributed by atoms with Crippen LogP contribution < -0.4 is 30.2 Å². The summed E-state index contributed by atoms with van der Waals surface area (Å²) in [6, 6.07) is 6.13. The number of nitrogens with zero attached hydrogens (tertiary/aromatic N) is 1. The van der Waals surface area contributed by atoms with Crippen LogP contribution in [0.1, 0.15) is 16.1 Å². The molecule has 0 saturated heterocycles. The van der Waals surface area contributed by atoms with Gasteiger partial charge in [-0.25, -0.2) is 0 Å². The second-order valence-electron chi connectivity index (χ2n) is 5.78. The smallest absolute Gasteiger partial charge is 0.387 e. The van der Waals surface area contributed by atoms with Crippen molar-refractivity contribution in [2.24, 2.45) is 4.99 Å². The Labute approximate surface area is 188 Å². The van der Waals surface area contributed by atoms with Gasteiger partial charge in [-0.15, -0.1) is 24.0 Å². The van der Waals surface area contributed by atoms with E-state index < -0.39 is 6.61 Å². The van der Waals surface area contributed by atoms with Crippen molar-refractivity contribution in [2.75, 3.05) is 26.9 Å². The lowest BCUT2D eigenvalue weighted by Crippen LogP contribution is -2.41. The average molecular weight is 538 g/mol. The standard InChI is InChI=1S/C18H20F2N4O5.HI/c1-21-18(23-5-4-22-16(25)12-3-2-6-26-12)24-9-11-7-14-15(28-10-27-14)8-13(11)29-17(19)20;/h2-3,6-8,17H,4-5,9-10H2,1H3,(H,22,25)(H2,21,23,24);1H. The van der Waals surface area contributed by atoms with E-state index >= 15 is 0 Å². The van der Waals surface area contributed by atoms with Crippen LogP contribution in [0.3, 0.4) is 0 Å². The number of guanidine groups is 1. The van der Waals surface area contributed by atoms with E-state index in [-0.39, 0.29) is 54.7 Å². The van der Waals surface area contributed by atoms with Crippen LogP contribution in [0.4, 0.5) is 8.78 Å². The topological polar surface area (TPSA) is 106 Å². The summed E-state index contributed by atoms with van der Waals surface area (Å²) < 4.78 is 45.4. The first kappa shape index (κ1) is 23.5. The van der Waals surface area contributed by atoms with E-state index in [1.165, 1.54) is 12.3 Å². The van der Waals surface area contributed by atoms with Crippen molar-refractivity contribution in [3.63, 3.8) is 0 Å². The molecule has 0 aliphatic carbocycles. The van der Waals surface area contributed by atoms with Crippen LogP contribution >= 0.6 is 24.0 Å². The van der Waals surface area contributed by atoms with Gasteiger partial charge in [0.15, 0.2) is 23.2 Å². The number of halogens is 3. The summed E-state index contributed by atoms with van der Waals surface area (Å²) >= 11 is 0. The summed E-state index contributed by atoms with van der Waals surface area (Å²) in [6.07, 6.45) is 1.42. The highest BCUT2D eigenvalue weighted by Crippen LogP contribution is 2.38. The molecule has 164 valence electrons. The van der Waals surface area contributed by atoms with Gasteiger partial charge in [0, 0.05) is 38.3 Å². The van der Waals surface area contributed by atoms with E-state index in [1.54, 1.807) is 25.2 Å². The van der Waals surface area contributed by atoms with Gasteiger partial charge in [0.2, 0.25) is 6.79 Å². The Bertz CT molecular complexity index is 865. The number of alkyl halides is 2. The Morgan fingerprint density at radius 2 is 1.93 bits per heavy atom. The molecular weight excluding hydrogens is 517 g/mol. The molecule has 12 heteroatoms. The number of hydrogen-bond acceptors (Lipinski definition) is 6. The molecule has 3 N–H and O–H groups in total. The zero-order chi connectivity index (χ0) is 20.6. The molecular formula is C18H21F2IN4O5. The van der Waals surface area contributed by atoms with Crippen LogP contribution in [-0.2, 0) is 6.54 Å².